The highest BCUT2D eigenvalue weighted by atomic mass is 16.5. The second-order valence-corrected chi connectivity index (χ2v) is 6.81. The van der Waals surface area contributed by atoms with Gasteiger partial charge < -0.3 is 14.7 Å². The molecule has 0 saturated carbocycles. The fraction of sp³-hybridized carbons (Fsp3) is 0.579. The van der Waals surface area contributed by atoms with Gasteiger partial charge in [-0.2, -0.15) is 0 Å². The number of carboxylic acids is 1. The van der Waals surface area contributed by atoms with Crippen molar-refractivity contribution in [1.29, 1.82) is 0 Å². The molecule has 6 nitrogen and oxygen atoms in total. The van der Waals surface area contributed by atoms with E-state index >= 15 is 0 Å². The molecule has 0 unspecified atom stereocenters. The van der Waals surface area contributed by atoms with Crippen LogP contribution in [-0.4, -0.2) is 72.7 Å². The van der Waals surface area contributed by atoms with E-state index in [1.165, 1.54) is 0 Å². The Balaban J connectivity index is 1.53. The van der Waals surface area contributed by atoms with Crippen molar-refractivity contribution in [1.82, 2.24) is 9.80 Å². The number of nitrogens with zero attached hydrogens (tertiary/aromatic N) is 2. The van der Waals surface area contributed by atoms with Crippen LogP contribution in [0.4, 0.5) is 0 Å². The van der Waals surface area contributed by atoms with E-state index in [-0.39, 0.29) is 5.91 Å². The van der Waals surface area contributed by atoms with Gasteiger partial charge in [-0.25, -0.2) is 4.79 Å². The second-order valence-electron chi connectivity index (χ2n) is 6.81. The van der Waals surface area contributed by atoms with Gasteiger partial charge in [-0.15, -0.1) is 0 Å². The summed E-state index contributed by atoms with van der Waals surface area (Å²) in [6.45, 7) is 5.69. The number of aromatic carboxylic acids is 1. The molecule has 2 aliphatic heterocycles. The minimum Gasteiger partial charge on any atom is -0.478 e. The number of carbonyl (C=O) groups is 2. The zero-order valence-electron chi connectivity index (χ0n) is 14.5. The molecule has 2 heterocycles. The first-order chi connectivity index (χ1) is 12.1. The second kappa shape index (κ2) is 8.45. The lowest BCUT2D eigenvalue weighted by atomic mass is 9.90. The highest BCUT2D eigenvalue weighted by Crippen LogP contribution is 2.27. The third-order valence-corrected chi connectivity index (χ3v) is 5.15. The normalized spacial score (nSPS) is 21.9. The molecule has 0 radical (unpaired) electrons. The number of amides is 1. The zero-order chi connectivity index (χ0) is 17.6. The fourth-order valence-corrected chi connectivity index (χ4v) is 3.61. The van der Waals surface area contributed by atoms with E-state index in [0.29, 0.717) is 17.9 Å². The molecule has 1 aromatic rings. The summed E-state index contributed by atoms with van der Waals surface area (Å²) in [5, 5.41) is 9.00. The Morgan fingerprint density at radius 3 is 2.52 bits per heavy atom. The molecule has 0 bridgehead atoms. The fourth-order valence-electron chi connectivity index (χ4n) is 3.61. The van der Waals surface area contributed by atoms with Crippen LogP contribution in [0.1, 0.15) is 41.1 Å². The van der Waals surface area contributed by atoms with Gasteiger partial charge in [0.1, 0.15) is 0 Å². The molecule has 25 heavy (non-hydrogen) atoms. The van der Waals surface area contributed by atoms with Crippen LogP contribution in [0.2, 0.25) is 0 Å². The average Bonchev–Trinajstić information content (AvgIpc) is 2.67. The SMILES string of the molecule is O=C(O)c1ccc([C@H]2CCCN(C(=O)CCN3CCOCC3)C2)cc1. The van der Waals surface area contributed by atoms with Crippen LogP contribution < -0.4 is 0 Å². The van der Waals surface area contributed by atoms with Crippen LogP contribution in [0.15, 0.2) is 24.3 Å². The number of benzene rings is 1. The quantitative estimate of drug-likeness (QED) is 0.881. The Morgan fingerprint density at radius 1 is 1.12 bits per heavy atom. The third-order valence-electron chi connectivity index (χ3n) is 5.15. The largest absolute Gasteiger partial charge is 0.478 e. The predicted octanol–water partition coefficient (Wildman–Crippen LogP) is 1.81. The number of likely N-dealkylation sites (tertiary alicyclic amines) is 1. The first-order valence-corrected chi connectivity index (χ1v) is 9.04. The van der Waals surface area contributed by atoms with Crippen molar-refractivity contribution in [2.24, 2.45) is 0 Å². The Morgan fingerprint density at radius 2 is 1.84 bits per heavy atom. The number of carboxylic acid groups (broad SMARTS) is 1. The molecule has 2 aliphatic rings. The van der Waals surface area contributed by atoms with Crippen LogP contribution in [-0.2, 0) is 9.53 Å². The van der Waals surface area contributed by atoms with E-state index in [0.717, 1.165) is 64.3 Å². The third kappa shape index (κ3) is 4.80. The minimum atomic E-state index is -0.907. The van der Waals surface area contributed by atoms with Crippen molar-refractivity contribution < 1.29 is 19.4 Å². The summed E-state index contributed by atoms with van der Waals surface area (Å²) in [6.07, 6.45) is 2.60. The summed E-state index contributed by atoms with van der Waals surface area (Å²) in [4.78, 5) is 27.8. The maximum absolute atomic E-state index is 12.6. The molecule has 2 fully saturated rings. The molecule has 6 heteroatoms. The molecule has 0 spiro atoms. The Hall–Kier alpha value is -1.92. The highest BCUT2D eigenvalue weighted by Gasteiger charge is 2.25. The molecule has 0 aromatic heterocycles. The van der Waals surface area contributed by atoms with E-state index in [1.807, 2.05) is 17.0 Å². The minimum absolute atomic E-state index is 0.221. The van der Waals surface area contributed by atoms with Crippen molar-refractivity contribution >= 4 is 11.9 Å². The van der Waals surface area contributed by atoms with Crippen molar-refractivity contribution in [2.45, 2.75) is 25.2 Å². The molecular formula is C19H26N2O4. The van der Waals surface area contributed by atoms with Crippen LogP contribution >= 0.6 is 0 Å². The van der Waals surface area contributed by atoms with Crippen LogP contribution in [0.25, 0.3) is 0 Å². The molecule has 3 rings (SSSR count). The number of morpholine rings is 1. The van der Waals surface area contributed by atoms with E-state index in [1.54, 1.807) is 12.1 Å². The molecule has 1 N–H and O–H groups in total. The van der Waals surface area contributed by atoms with Crippen molar-refractivity contribution in [3.05, 3.63) is 35.4 Å². The van der Waals surface area contributed by atoms with Crippen LogP contribution in [0, 0.1) is 0 Å². The predicted molar refractivity (Wildman–Crippen MR) is 93.8 cm³/mol. The number of rotatable bonds is 5. The topological polar surface area (TPSA) is 70.1 Å². The summed E-state index contributed by atoms with van der Waals surface area (Å²) in [5.41, 5.74) is 1.42. The first-order valence-electron chi connectivity index (χ1n) is 9.04. The Kier molecular flexibility index (Phi) is 6.04. The van der Waals surface area contributed by atoms with Crippen molar-refractivity contribution in [2.75, 3.05) is 45.9 Å². The van der Waals surface area contributed by atoms with E-state index in [2.05, 4.69) is 4.90 Å². The lowest BCUT2D eigenvalue weighted by Gasteiger charge is -2.34. The monoisotopic (exact) mass is 346 g/mol. The highest BCUT2D eigenvalue weighted by molar-refractivity contribution is 5.87. The maximum atomic E-state index is 12.6. The summed E-state index contributed by atoms with van der Waals surface area (Å²) in [6, 6.07) is 7.07. The molecular weight excluding hydrogens is 320 g/mol. The van der Waals surface area contributed by atoms with Crippen molar-refractivity contribution in [3.8, 4) is 0 Å². The molecule has 1 aromatic carbocycles. The number of hydrogen-bond donors (Lipinski definition) is 1. The smallest absolute Gasteiger partial charge is 0.335 e. The molecule has 1 atom stereocenters. The van der Waals surface area contributed by atoms with Gasteiger partial charge in [0.05, 0.1) is 18.8 Å². The number of carbonyl (C=O) groups excluding carboxylic acids is 1. The van der Waals surface area contributed by atoms with Gasteiger partial charge in [-0.05, 0) is 30.5 Å². The average molecular weight is 346 g/mol. The van der Waals surface area contributed by atoms with E-state index in [4.69, 9.17) is 9.84 Å². The molecule has 136 valence electrons. The van der Waals surface area contributed by atoms with Crippen LogP contribution in [0.3, 0.4) is 0 Å². The van der Waals surface area contributed by atoms with Gasteiger partial charge in [0.2, 0.25) is 5.91 Å². The lowest BCUT2D eigenvalue weighted by molar-refractivity contribution is -0.133. The van der Waals surface area contributed by atoms with Gasteiger partial charge in [-0.1, -0.05) is 12.1 Å². The van der Waals surface area contributed by atoms with Gasteiger partial charge >= 0.3 is 5.97 Å². The maximum Gasteiger partial charge on any atom is 0.335 e. The van der Waals surface area contributed by atoms with Gasteiger partial charge in [-0.3, -0.25) is 9.69 Å². The molecule has 1 amide bonds. The Bertz CT molecular complexity index is 596. The number of piperidine rings is 1. The van der Waals surface area contributed by atoms with Crippen LogP contribution in [0.5, 0.6) is 0 Å². The van der Waals surface area contributed by atoms with Gasteiger partial charge in [0, 0.05) is 45.1 Å². The Labute approximate surface area is 148 Å². The van der Waals surface area contributed by atoms with E-state index < -0.39 is 5.97 Å². The standard InChI is InChI=1S/C19H26N2O4/c22-18(7-9-20-10-12-25-13-11-20)21-8-1-2-17(14-21)15-3-5-16(6-4-15)19(23)24/h3-6,17H,1-2,7-14H2,(H,23,24)/t17-/m0/s1. The summed E-state index contributed by atoms with van der Waals surface area (Å²) in [7, 11) is 0. The number of ether oxygens (including phenoxy) is 1. The van der Waals surface area contributed by atoms with Gasteiger partial charge in [0.25, 0.3) is 0 Å². The summed E-state index contributed by atoms with van der Waals surface area (Å²) >= 11 is 0. The summed E-state index contributed by atoms with van der Waals surface area (Å²) in [5.74, 6) is -0.391. The van der Waals surface area contributed by atoms with Crippen molar-refractivity contribution in [3.63, 3.8) is 0 Å². The number of hydrogen-bond acceptors (Lipinski definition) is 4. The van der Waals surface area contributed by atoms with E-state index in [9.17, 15) is 9.59 Å². The zero-order valence-corrected chi connectivity index (χ0v) is 14.5. The molecule has 0 aliphatic carbocycles. The first kappa shape index (κ1) is 17.9. The molecule has 2 saturated heterocycles. The lowest BCUT2D eigenvalue weighted by Crippen LogP contribution is -2.42. The van der Waals surface area contributed by atoms with Gasteiger partial charge in [0.15, 0.2) is 0 Å². The summed E-state index contributed by atoms with van der Waals surface area (Å²) < 4.78 is 5.34.